The lowest BCUT2D eigenvalue weighted by molar-refractivity contribution is -0.127. The van der Waals surface area contributed by atoms with Gasteiger partial charge in [0.05, 0.1) is 15.6 Å². The van der Waals surface area contributed by atoms with E-state index in [9.17, 15) is 14.4 Å². The third-order valence-electron chi connectivity index (χ3n) is 5.84. The van der Waals surface area contributed by atoms with Crippen molar-refractivity contribution in [1.29, 1.82) is 0 Å². The summed E-state index contributed by atoms with van der Waals surface area (Å²) in [5, 5.41) is 4.33. The summed E-state index contributed by atoms with van der Waals surface area (Å²) in [6, 6.07) is 26.1. The van der Waals surface area contributed by atoms with Crippen LogP contribution in [0.2, 0.25) is 5.02 Å². The van der Waals surface area contributed by atoms with Crippen molar-refractivity contribution in [3.8, 4) is 5.75 Å². The molecule has 0 bridgehead atoms. The summed E-state index contributed by atoms with van der Waals surface area (Å²) in [6.07, 6.45) is 1.66. The maximum Gasteiger partial charge on any atom is 0.294 e. The monoisotopic (exact) mass is 606 g/mol. The van der Waals surface area contributed by atoms with Gasteiger partial charge >= 0.3 is 0 Å². The molecule has 4 aromatic rings. The van der Waals surface area contributed by atoms with Gasteiger partial charge in [-0.1, -0.05) is 82.1 Å². The van der Waals surface area contributed by atoms with Crippen LogP contribution in [0.4, 0.5) is 10.5 Å². The molecule has 4 aromatic carbocycles. The van der Waals surface area contributed by atoms with Crippen molar-refractivity contribution in [2.75, 3.05) is 11.9 Å². The fraction of sp³-hybridized carbons (Fsp3) is 0.0690. The molecule has 1 aliphatic heterocycles. The first-order valence-corrected chi connectivity index (χ1v) is 13.6. The number of amides is 3. The Hall–Kier alpha value is -3.59. The lowest BCUT2D eigenvalue weighted by Crippen LogP contribution is -2.36. The van der Waals surface area contributed by atoms with Gasteiger partial charge in [0.25, 0.3) is 11.1 Å². The van der Waals surface area contributed by atoms with Gasteiger partial charge in [0.1, 0.15) is 18.9 Å². The van der Waals surface area contributed by atoms with Crippen LogP contribution in [-0.2, 0) is 16.2 Å². The molecule has 0 radical (unpaired) electrons. The lowest BCUT2D eigenvalue weighted by Gasteiger charge is -2.14. The third-order valence-corrected chi connectivity index (χ3v) is 7.60. The average molecular weight is 608 g/mol. The third kappa shape index (κ3) is 5.78. The van der Waals surface area contributed by atoms with Crippen molar-refractivity contribution >= 4 is 78.9 Å². The molecule has 1 saturated heterocycles. The summed E-state index contributed by atoms with van der Waals surface area (Å²) in [5.41, 5.74) is 2.08. The standard InChI is InChI=1S/C29H20BrClN2O4S/c30-20-12-9-18(10-13-20)17-37-25-14-11-19-5-1-2-6-21(19)22(25)15-26-28(35)33(29(36)38-26)16-27(34)32-24-8-4-3-7-23(24)31/h1-15H,16-17H2,(H,32,34)/b26-15+. The molecule has 0 saturated carbocycles. The summed E-state index contributed by atoms with van der Waals surface area (Å²) in [6.45, 7) is -0.0914. The Bertz CT molecular complexity index is 1590. The second-order valence-electron chi connectivity index (χ2n) is 8.41. The summed E-state index contributed by atoms with van der Waals surface area (Å²) < 4.78 is 7.13. The van der Waals surface area contributed by atoms with Gasteiger partial charge in [-0.25, -0.2) is 0 Å². The van der Waals surface area contributed by atoms with Crippen molar-refractivity contribution in [3.63, 3.8) is 0 Å². The van der Waals surface area contributed by atoms with E-state index in [2.05, 4.69) is 21.2 Å². The Labute approximate surface area is 236 Å². The highest BCUT2D eigenvalue weighted by Gasteiger charge is 2.36. The molecule has 9 heteroatoms. The number of hydrogen-bond acceptors (Lipinski definition) is 5. The van der Waals surface area contributed by atoms with Crippen molar-refractivity contribution in [2.45, 2.75) is 6.61 Å². The van der Waals surface area contributed by atoms with E-state index in [0.717, 1.165) is 37.5 Å². The van der Waals surface area contributed by atoms with Gasteiger partial charge in [0.15, 0.2) is 0 Å². The molecule has 1 heterocycles. The molecule has 190 valence electrons. The van der Waals surface area contributed by atoms with Gasteiger partial charge in [-0.05, 0) is 64.5 Å². The maximum absolute atomic E-state index is 13.2. The van der Waals surface area contributed by atoms with Gasteiger partial charge < -0.3 is 10.1 Å². The quantitative estimate of drug-likeness (QED) is 0.220. The number of para-hydroxylation sites is 1. The van der Waals surface area contributed by atoms with E-state index in [1.165, 1.54) is 0 Å². The topological polar surface area (TPSA) is 75.7 Å². The molecule has 0 atom stereocenters. The van der Waals surface area contributed by atoms with E-state index in [1.54, 1.807) is 30.3 Å². The highest BCUT2D eigenvalue weighted by atomic mass is 79.9. The molecule has 0 unspecified atom stereocenters. The first kappa shape index (κ1) is 26.0. The number of fused-ring (bicyclic) bond motifs is 1. The number of hydrogen-bond donors (Lipinski definition) is 1. The number of imide groups is 1. The first-order chi connectivity index (χ1) is 18.4. The lowest BCUT2D eigenvalue weighted by atomic mass is 10.0. The Morgan fingerprint density at radius 2 is 1.71 bits per heavy atom. The summed E-state index contributed by atoms with van der Waals surface area (Å²) in [5.74, 6) is -0.485. The number of ether oxygens (including phenoxy) is 1. The van der Waals surface area contributed by atoms with Crippen LogP contribution in [0.5, 0.6) is 5.75 Å². The fourth-order valence-corrected chi connectivity index (χ4v) is 5.22. The second kappa shape index (κ2) is 11.4. The smallest absolute Gasteiger partial charge is 0.294 e. The zero-order valence-corrected chi connectivity index (χ0v) is 23.0. The zero-order valence-electron chi connectivity index (χ0n) is 19.8. The SMILES string of the molecule is O=C(CN1C(=O)S/C(=C/c2c(OCc3ccc(Br)cc3)ccc3ccccc23)C1=O)Nc1ccccc1Cl. The number of carbonyl (C=O) groups is 3. The van der Waals surface area contributed by atoms with E-state index < -0.39 is 23.6 Å². The predicted octanol–water partition coefficient (Wildman–Crippen LogP) is 7.51. The van der Waals surface area contributed by atoms with Crippen LogP contribution in [0, 0.1) is 0 Å². The molecular formula is C29H20BrClN2O4S. The van der Waals surface area contributed by atoms with E-state index in [0.29, 0.717) is 28.6 Å². The highest BCUT2D eigenvalue weighted by molar-refractivity contribution is 9.10. The van der Waals surface area contributed by atoms with Gasteiger partial charge in [-0.3, -0.25) is 19.3 Å². The van der Waals surface area contributed by atoms with E-state index in [4.69, 9.17) is 16.3 Å². The number of thioether (sulfide) groups is 1. The van der Waals surface area contributed by atoms with Gasteiger partial charge in [-0.2, -0.15) is 0 Å². The maximum atomic E-state index is 13.2. The van der Waals surface area contributed by atoms with Crippen LogP contribution in [0.25, 0.3) is 16.8 Å². The molecule has 6 nitrogen and oxygen atoms in total. The minimum absolute atomic E-state index is 0.213. The first-order valence-electron chi connectivity index (χ1n) is 11.6. The zero-order chi connectivity index (χ0) is 26.6. The molecular weight excluding hydrogens is 588 g/mol. The molecule has 1 fully saturated rings. The second-order valence-corrected chi connectivity index (χ2v) is 10.7. The Balaban J connectivity index is 1.40. The van der Waals surface area contributed by atoms with E-state index in [1.807, 2.05) is 60.7 Å². The number of anilines is 1. The summed E-state index contributed by atoms with van der Waals surface area (Å²) >= 11 is 10.3. The molecule has 5 rings (SSSR count). The minimum atomic E-state index is -0.541. The van der Waals surface area contributed by atoms with Crippen LogP contribution >= 0.6 is 39.3 Å². The van der Waals surface area contributed by atoms with Crippen molar-refractivity contribution in [3.05, 3.63) is 110 Å². The van der Waals surface area contributed by atoms with Gasteiger partial charge in [0.2, 0.25) is 5.91 Å². The predicted molar refractivity (Wildman–Crippen MR) is 155 cm³/mol. The number of nitrogens with zero attached hydrogens (tertiary/aromatic N) is 1. The number of nitrogens with one attached hydrogen (secondary N) is 1. The summed E-state index contributed by atoms with van der Waals surface area (Å²) in [7, 11) is 0. The normalized spacial score (nSPS) is 14.4. The van der Waals surface area contributed by atoms with Crippen LogP contribution < -0.4 is 10.1 Å². The number of carbonyl (C=O) groups excluding carboxylic acids is 3. The van der Waals surface area contributed by atoms with Crippen molar-refractivity contribution in [2.24, 2.45) is 0 Å². The van der Waals surface area contributed by atoms with Gasteiger partial charge in [0, 0.05) is 10.0 Å². The highest BCUT2D eigenvalue weighted by Crippen LogP contribution is 2.37. The largest absolute Gasteiger partial charge is 0.488 e. The molecule has 0 aromatic heterocycles. The van der Waals surface area contributed by atoms with Crippen LogP contribution in [0.1, 0.15) is 11.1 Å². The van der Waals surface area contributed by atoms with E-state index >= 15 is 0 Å². The molecule has 0 aliphatic carbocycles. The van der Waals surface area contributed by atoms with Crippen LogP contribution in [-0.4, -0.2) is 28.5 Å². The molecule has 1 aliphatic rings. The van der Waals surface area contributed by atoms with Crippen molar-refractivity contribution < 1.29 is 19.1 Å². The Morgan fingerprint density at radius 1 is 0.974 bits per heavy atom. The molecule has 3 amide bonds. The minimum Gasteiger partial charge on any atom is -0.488 e. The van der Waals surface area contributed by atoms with Gasteiger partial charge in [-0.15, -0.1) is 0 Å². The van der Waals surface area contributed by atoms with Crippen molar-refractivity contribution in [1.82, 2.24) is 4.90 Å². The molecule has 38 heavy (non-hydrogen) atoms. The number of rotatable bonds is 7. The summed E-state index contributed by atoms with van der Waals surface area (Å²) in [4.78, 5) is 39.6. The molecule has 0 spiro atoms. The molecule has 1 N–H and O–H groups in total. The van der Waals surface area contributed by atoms with Crippen LogP contribution in [0.3, 0.4) is 0 Å². The Morgan fingerprint density at radius 3 is 2.50 bits per heavy atom. The van der Waals surface area contributed by atoms with E-state index in [-0.39, 0.29) is 4.91 Å². The Kier molecular flexibility index (Phi) is 7.83. The average Bonchev–Trinajstić information content (AvgIpc) is 3.17. The fourth-order valence-electron chi connectivity index (χ4n) is 3.96. The van der Waals surface area contributed by atoms with Crippen LogP contribution in [0.15, 0.2) is 94.3 Å². The number of benzene rings is 4. The number of halogens is 2.